The standard InChI is InChI=1S/C19H20BrClN2O2/c1-23(2)17(12-3-6-18-13(9-12)7-8-25-18)11-22-19(24)15-10-14(20)4-5-16(15)21/h3-6,9-10,17H,7-8,11H2,1-2H3,(H,22,24). The smallest absolute Gasteiger partial charge is 0.252 e. The van der Waals surface area contributed by atoms with Crippen molar-refractivity contribution in [3.8, 4) is 5.75 Å². The van der Waals surface area contributed by atoms with Crippen molar-refractivity contribution in [3.05, 3.63) is 62.6 Å². The summed E-state index contributed by atoms with van der Waals surface area (Å²) in [7, 11) is 4.01. The lowest BCUT2D eigenvalue weighted by atomic mass is 10.0. The van der Waals surface area contributed by atoms with Crippen LogP contribution < -0.4 is 10.1 Å². The molecule has 132 valence electrons. The normalized spacial score (nSPS) is 14.1. The van der Waals surface area contributed by atoms with Gasteiger partial charge in [0, 0.05) is 17.4 Å². The SMILES string of the molecule is CN(C)C(CNC(=O)c1cc(Br)ccc1Cl)c1ccc2c(c1)CCO2. The van der Waals surface area contributed by atoms with E-state index < -0.39 is 0 Å². The molecule has 1 unspecified atom stereocenters. The predicted octanol–water partition coefficient (Wildman–Crippen LogP) is 4.07. The van der Waals surface area contributed by atoms with Crippen molar-refractivity contribution in [2.75, 3.05) is 27.2 Å². The van der Waals surface area contributed by atoms with E-state index in [1.807, 2.05) is 26.2 Å². The van der Waals surface area contributed by atoms with Crippen molar-refractivity contribution in [1.82, 2.24) is 10.2 Å². The summed E-state index contributed by atoms with van der Waals surface area (Å²) in [4.78, 5) is 14.6. The molecular weight excluding hydrogens is 404 g/mol. The van der Waals surface area contributed by atoms with Crippen molar-refractivity contribution >= 4 is 33.4 Å². The minimum absolute atomic E-state index is 0.0702. The average Bonchev–Trinajstić information content (AvgIpc) is 3.04. The Morgan fingerprint density at radius 1 is 1.32 bits per heavy atom. The second kappa shape index (κ2) is 7.77. The second-order valence-electron chi connectivity index (χ2n) is 6.28. The number of nitrogens with one attached hydrogen (secondary N) is 1. The van der Waals surface area contributed by atoms with Gasteiger partial charge < -0.3 is 15.0 Å². The number of fused-ring (bicyclic) bond motifs is 1. The van der Waals surface area contributed by atoms with E-state index in [1.54, 1.807) is 12.1 Å². The Labute approximate surface area is 161 Å². The minimum Gasteiger partial charge on any atom is -0.493 e. The molecule has 0 fully saturated rings. The molecule has 1 amide bonds. The van der Waals surface area contributed by atoms with Gasteiger partial charge in [0.2, 0.25) is 0 Å². The van der Waals surface area contributed by atoms with E-state index in [0.29, 0.717) is 17.1 Å². The molecule has 0 radical (unpaired) electrons. The fourth-order valence-corrected chi connectivity index (χ4v) is 3.53. The molecule has 1 aliphatic heterocycles. The van der Waals surface area contributed by atoms with E-state index in [1.165, 1.54) is 5.56 Å². The summed E-state index contributed by atoms with van der Waals surface area (Å²) in [6.07, 6.45) is 0.934. The third-order valence-electron chi connectivity index (χ3n) is 4.35. The molecule has 2 aromatic carbocycles. The first-order chi connectivity index (χ1) is 12.0. The number of hydrogen-bond acceptors (Lipinski definition) is 3. The minimum atomic E-state index is -0.178. The molecular formula is C19H20BrClN2O2. The van der Waals surface area contributed by atoms with Gasteiger partial charge in [-0.2, -0.15) is 0 Å². The molecule has 25 heavy (non-hydrogen) atoms. The van der Waals surface area contributed by atoms with Gasteiger partial charge in [0.25, 0.3) is 5.91 Å². The number of halogens is 2. The van der Waals surface area contributed by atoms with Crippen LogP contribution in [0.3, 0.4) is 0 Å². The molecule has 1 atom stereocenters. The molecule has 0 bridgehead atoms. The summed E-state index contributed by atoms with van der Waals surface area (Å²) in [5.41, 5.74) is 2.86. The average molecular weight is 424 g/mol. The van der Waals surface area contributed by atoms with Crippen molar-refractivity contribution in [2.45, 2.75) is 12.5 Å². The maximum absolute atomic E-state index is 12.5. The van der Waals surface area contributed by atoms with Crippen LogP contribution in [-0.4, -0.2) is 38.1 Å². The topological polar surface area (TPSA) is 41.6 Å². The lowest BCUT2D eigenvalue weighted by molar-refractivity contribution is 0.0942. The number of carbonyl (C=O) groups excluding carboxylic acids is 1. The van der Waals surface area contributed by atoms with Crippen molar-refractivity contribution in [2.24, 2.45) is 0 Å². The van der Waals surface area contributed by atoms with Crippen molar-refractivity contribution < 1.29 is 9.53 Å². The molecule has 0 aliphatic carbocycles. The summed E-state index contributed by atoms with van der Waals surface area (Å²) in [6, 6.07) is 11.6. The Morgan fingerprint density at radius 3 is 2.88 bits per heavy atom. The summed E-state index contributed by atoms with van der Waals surface area (Å²) in [5.74, 6) is 0.786. The summed E-state index contributed by atoms with van der Waals surface area (Å²) in [6.45, 7) is 1.23. The maximum Gasteiger partial charge on any atom is 0.252 e. The van der Waals surface area contributed by atoms with Gasteiger partial charge in [0.1, 0.15) is 5.75 Å². The number of rotatable bonds is 5. The Morgan fingerprint density at radius 2 is 2.12 bits per heavy atom. The van der Waals surface area contributed by atoms with Gasteiger partial charge in [-0.3, -0.25) is 4.79 Å². The highest BCUT2D eigenvalue weighted by Crippen LogP contribution is 2.29. The number of carbonyl (C=O) groups is 1. The molecule has 2 aromatic rings. The Hall–Kier alpha value is -1.56. The fourth-order valence-electron chi connectivity index (χ4n) is 2.97. The van der Waals surface area contributed by atoms with E-state index in [9.17, 15) is 4.79 Å². The van der Waals surface area contributed by atoms with Crippen LogP contribution in [0.1, 0.15) is 27.5 Å². The molecule has 1 heterocycles. The van der Waals surface area contributed by atoms with Gasteiger partial charge in [-0.05, 0) is 49.5 Å². The molecule has 0 saturated carbocycles. The van der Waals surface area contributed by atoms with Crippen LogP contribution >= 0.6 is 27.5 Å². The van der Waals surface area contributed by atoms with E-state index in [4.69, 9.17) is 16.3 Å². The van der Waals surface area contributed by atoms with Crippen LogP contribution in [0, 0.1) is 0 Å². The first-order valence-electron chi connectivity index (χ1n) is 8.11. The lowest BCUT2D eigenvalue weighted by Gasteiger charge is -2.25. The third-order valence-corrected chi connectivity index (χ3v) is 5.17. The van der Waals surface area contributed by atoms with Crippen LogP contribution in [0.15, 0.2) is 40.9 Å². The molecule has 4 nitrogen and oxygen atoms in total. The van der Waals surface area contributed by atoms with Gasteiger partial charge in [-0.25, -0.2) is 0 Å². The van der Waals surface area contributed by atoms with E-state index in [-0.39, 0.29) is 11.9 Å². The van der Waals surface area contributed by atoms with Gasteiger partial charge >= 0.3 is 0 Å². The number of nitrogens with zero attached hydrogens (tertiary/aromatic N) is 1. The highest BCUT2D eigenvalue weighted by Gasteiger charge is 2.20. The lowest BCUT2D eigenvalue weighted by Crippen LogP contribution is -2.34. The van der Waals surface area contributed by atoms with E-state index in [0.717, 1.165) is 28.8 Å². The fraction of sp³-hybridized carbons (Fsp3) is 0.316. The highest BCUT2D eigenvalue weighted by molar-refractivity contribution is 9.10. The highest BCUT2D eigenvalue weighted by atomic mass is 79.9. The van der Waals surface area contributed by atoms with Gasteiger partial charge in [0.05, 0.1) is 23.2 Å². The van der Waals surface area contributed by atoms with Gasteiger partial charge in [0.15, 0.2) is 0 Å². The predicted molar refractivity (Wildman–Crippen MR) is 104 cm³/mol. The zero-order valence-electron chi connectivity index (χ0n) is 14.2. The van der Waals surface area contributed by atoms with Crippen molar-refractivity contribution in [3.63, 3.8) is 0 Å². The Balaban J connectivity index is 1.74. The summed E-state index contributed by atoms with van der Waals surface area (Å²) < 4.78 is 6.40. The summed E-state index contributed by atoms with van der Waals surface area (Å²) >= 11 is 9.52. The van der Waals surface area contributed by atoms with Gasteiger partial charge in [-0.15, -0.1) is 0 Å². The number of amides is 1. The Kier molecular flexibility index (Phi) is 5.67. The van der Waals surface area contributed by atoms with E-state index >= 15 is 0 Å². The third kappa shape index (κ3) is 4.17. The first kappa shape index (κ1) is 18.2. The maximum atomic E-state index is 12.5. The van der Waals surface area contributed by atoms with Crippen molar-refractivity contribution in [1.29, 1.82) is 0 Å². The summed E-state index contributed by atoms with van der Waals surface area (Å²) in [5, 5.41) is 3.44. The van der Waals surface area contributed by atoms with Crippen LogP contribution in [0.5, 0.6) is 5.75 Å². The van der Waals surface area contributed by atoms with Crippen LogP contribution in [0.4, 0.5) is 0 Å². The molecule has 0 spiro atoms. The van der Waals surface area contributed by atoms with Gasteiger partial charge in [-0.1, -0.05) is 39.7 Å². The second-order valence-corrected chi connectivity index (χ2v) is 7.60. The Bertz CT molecular complexity index is 795. The molecule has 1 aliphatic rings. The quantitative estimate of drug-likeness (QED) is 0.788. The number of likely N-dealkylation sites (N-methyl/N-ethyl adjacent to an activating group) is 1. The number of ether oxygens (including phenoxy) is 1. The molecule has 0 aromatic heterocycles. The zero-order valence-corrected chi connectivity index (χ0v) is 16.5. The zero-order chi connectivity index (χ0) is 18.0. The van der Waals surface area contributed by atoms with E-state index in [2.05, 4.69) is 38.3 Å². The van der Waals surface area contributed by atoms with Crippen LogP contribution in [0.25, 0.3) is 0 Å². The molecule has 1 N–H and O–H groups in total. The van der Waals surface area contributed by atoms with Crippen LogP contribution in [0.2, 0.25) is 5.02 Å². The molecule has 3 rings (SSSR count). The molecule has 6 heteroatoms. The monoisotopic (exact) mass is 422 g/mol. The molecule has 0 saturated heterocycles. The first-order valence-corrected chi connectivity index (χ1v) is 9.28. The van der Waals surface area contributed by atoms with Crippen LogP contribution in [-0.2, 0) is 6.42 Å². The largest absolute Gasteiger partial charge is 0.493 e. The number of benzene rings is 2. The number of hydrogen-bond donors (Lipinski definition) is 1.